The van der Waals surface area contributed by atoms with Gasteiger partial charge >= 0.3 is 0 Å². The molecule has 2 unspecified atom stereocenters. The van der Waals surface area contributed by atoms with Crippen molar-refractivity contribution in [2.24, 2.45) is 0 Å². The number of nitro groups is 1. The molecule has 0 fully saturated rings. The second-order valence-corrected chi connectivity index (χ2v) is 8.12. The lowest BCUT2D eigenvalue weighted by molar-refractivity contribution is -0.385. The van der Waals surface area contributed by atoms with Crippen molar-refractivity contribution in [1.82, 2.24) is 14.8 Å². The van der Waals surface area contributed by atoms with Crippen LogP contribution in [0.25, 0.3) is 0 Å². The Balaban J connectivity index is 1.67. The number of benzene rings is 3. The van der Waals surface area contributed by atoms with Gasteiger partial charge in [0.25, 0.3) is 11.6 Å². The van der Waals surface area contributed by atoms with Crippen LogP contribution in [0.5, 0.6) is 0 Å². The summed E-state index contributed by atoms with van der Waals surface area (Å²) in [7, 11) is 0. The van der Waals surface area contributed by atoms with E-state index in [2.05, 4.69) is 10.1 Å². The maximum atomic E-state index is 13.8. The van der Waals surface area contributed by atoms with Crippen LogP contribution in [0, 0.1) is 10.1 Å². The van der Waals surface area contributed by atoms with Crippen molar-refractivity contribution in [3.63, 3.8) is 0 Å². The minimum absolute atomic E-state index is 0.00271. The summed E-state index contributed by atoms with van der Waals surface area (Å²) in [6.07, 6.45) is 1.90. The molecule has 0 radical (unpaired) electrons. The number of hydrogen-bond donors (Lipinski definition) is 0. The third-order valence-electron chi connectivity index (χ3n) is 5.81. The number of aromatic nitrogens is 3. The quantitative estimate of drug-likeness (QED) is 0.308. The van der Waals surface area contributed by atoms with E-state index in [0.717, 1.165) is 11.1 Å². The molecule has 0 spiro atoms. The molecule has 3 aromatic carbocycles. The second kappa shape index (κ2) is 8.48. The summed E-state index contributed by atoms with van der Waals surface area (Å²) in [4.78, 5) is 30.7. The number of anilines is 1. The van der Waals surface area contributed by atoms with Gasteiger partial charge in [-0.2, -0.15) is 10.1 Å². The van der Waals surface area contributed by atoms with E-state index in [4.69, 9.17) is 11.6 Å². The molecule has 0 aliphatic carbocycles. The van der Waals surface area contributed by atoms with Gasteiger partial charge in [0.15, 0.2) is 0 Å². The Bertz CT molecular complexity index is 1320. The first-order valence-corrected chi connectivity index (χ1v) is 10.7. The highest BCUT2D eigenvalue weighted by molar-refractivity contribution is 6.30. The van der Waals surface area contributed by atoms with Crippen molar-refractivity contribution in [1.29, 1.82) is 0 Å². The molecule has 4 aromatic rings. The van der Waals surface area contributed by atoms with E-state index >= 15 is 0 Å². The van der Waals surface area contributed by atoms with Crippen LogP contribution in [0.1, 0.15) is 40.0 Å². The van der Waals surface area contributed by atoms with Crippen molar-refractivity contribution in [2.45, 2.75) is 18.5 Å². The van der Waals surface area contributed by atoms with Crippen LogP contribution in [0.3, 0.4) is 0 Å². The van der Waals surface area contributed by atoms with Crippen LogP contribution in [0.4, 0.5) is 11.6 Å². The first kappa shape index (κ1) is 20.8. The van der Waals surface area contributed by atoms with Gasteiger partial charge in [0.05, 0.1) is 17.0 Å². The van der Waals surface area contributed by atoms with E-state index in [1.54, 1.807) is 16.8 Å². The molecule has 0 bridgehead atoms. The molecule has 5 rings (SSSR count). The van der Waals surface area contributed by atoms with E-state index in [1.165, 1.54) is 23.4 Å². The zero-order chi connectivity index (χ0) is 22.9. The summed E-state index contributed by atoms with van der Waals surface area (Å²) in [5, 5.41) is 16.6. The highest BCUT2D eigenvalue weighted by Gasteiger charge is 2.41. The Morgan fingerprint density at radius 3 is 2.33 bits per heavy atom. The van der Waals surface area contributed by atoms with Gasteiger partial charge in [-0.25, -0.2) is 4.68 Å². The number of hydrogen-bond acceptors (Lipinski definition) is 5. The van der Waals surface area contributed by atoms with Crippen LogP contribution in [0.15, 0.2) is 85.2 Å². The summed E-state index contributed by atoms with van der Waals surface area (Å²) < 4.78 is 1.69. The maximum Gasteiger partial charge on any atom is 0.282 e. The third kappa shape index (κ3) is 3.74. The molecule has 1 aromatic heterocycles. The van der Waals surface area contributed by atoms with E-state index < -0.39 is 16.9 Å². The number of para-hydroxylation sites is 1. The van der Waals surface area contributed by atoms with Gasteiger partial charge in [-0.3, -0.25) is 19.8 Å². The summed E-state index contributed by atoms with van der Waals surface area (Å²) >= 11 is 6.08. The van der Waals surface area contributed by atoms with Crippen LogP contribution >= 0.6 is 11.6 Å². The summed E-state index contributed by atoms with van der Waals surface area (Å²) in [6, 6.07) is 22.4. The normalized spacial score (nSPS) is 17.4. The van der Waals surface area contributed by atoms with Crippen molar-refractivity contribution in [3.05, 3.63) is 117 Å². The summed E-state index contributed by atoms with van der Waals surface area (Å²) in [5.74, 6) is -0.168. The minimum atomic E-state index is -0.546. The van der Waals surface area contributed by atoms with Gasteiger partial charge in [0, 0.05) is 11.1 Å². The van der Waals surface area contributed by atoms with Crippen molar-refractivity contribution < 1.29 is 9.72 Å². The van der Waals surface area contributed by atoms with Gasteiger partial charge in [0.1, 0.15) is 11.9 Å². The Labute approximate surface area is 194 Å². The average molecular weight is 460 g/mol. The fraction of sp³-hybridized carbons (Fsp3) is 0.125. The van der Waals surface area contributed by atoms with Gasteiger partial charge in [-0.15, -0.1) is 0 Å². The average Bonchev–Trinajstić information content (AvgIpc) is 3.33. The highest BCUT2D eigenvalue weighted by Crippen LogP contribution is 2.43. The molecule has 8 nitrogen and oxygen atoms in total. The van der Waals surface area contributed by atoms with Crippen LogP contribution in [0.2, 0.25) is 5.02 Å². The zero-order valence-corrected chi connectivity index (χ0v) is 18.0. The molecule has 0 saturated carbocycles. The van der Waals surface area contributed by atoms with Gasteiger partial charge < -0.3 is 0 Å². The Hall–Kier alpha value is -4.04. The Morgan fingerprint density at radius 1 is 0.939 bits per heavy atom. The van der Waals surface area contributed by atoms with Gasteiger partial charge in [0.2, 0.25) is 5.95 Å². The van der Waals surface area contributed by atoms with Crippen molar-refractivity contribution >= 4 is 29.1 Å². The summed E-state index contributed by atoms with van der Waals surface area (Å²) in [5.41, 5.74) is 1.63. The highest BCUT2D eigenvalue weighted by atomic mass is 35.5. The number of fused-ring (bicyclic) bond motifs is 1. The molecule has 1 amide bonds. The lowest BCUT2D eigenvalue weighted by Gasteiger charge is -2.39. The monoisotopic (exact) mass is 459 g/mol. The van der Waals surface area contributed by atoms with E-state index in [9.17, 15) is 14.9 Å². The van der Waals surface area contributed by atoms with Crippen LogP contribution < -0.4 is 4.90 Å². The standard InChI is InChI=1S/C24H18ClN5O3/c25-18-12-10-17(11-13-18)22-14-21(16-6-2-1-3-7-16)28(24-26-15-27-29(22)24)23(31)19-8-4-5-9-20(19)30(32)33/h1-13,15,21-22H,14H2. The number of halogens is 1. The minimum Gasteiger partial charge on any atom is -0.269 e. The first-order valence-electron chi connectivity index (χ1n) is 10.3. The molecular weight excluding hydrogens is 442 g/mol. The molecule has 1 aliphatic heterocycles. The predicted molar refractivity (Wildman–Crippen MR) is 123 cm³/mol. The predicted octanol–water partition coefficient (Wildman–Crippen LogP) is 5.22. The lowest BCUT2D eigenvalue weighted by Crippen LogP contribution is -2.42. The molecule has 164 valence electrons. The largest absolute Gasteiger partial charge is 0.282 e. The van der Waals surface area contributed by atoms with E-state index in [0.29, 0.717) is 17.4 Å². The fourth-order valence-corrected chi connectivity index (χ4v) is 4.42. The number of carbonyl (C=O) groups excluding carboxylic acids is 1. The number of amides is 1. The van der Waals surface area contributed by atoms with E-state index in [-0.39, 0.29) is 17.3 Å². The van der Waals surface area contributed by atoms with E-state index in [1.807, 2.05) is 54.6 Å². The molecule has 0 N–H and O–H groups in total. The number of nitrogens with zero attached hydrogens (tertiary/aromatic N) is 5. The van der Waals surface area contributed by atoms with Gasteiger partial charge in [-0.1, -0.05) is 66.2 Å². The summed E-state index contributed by atoms with van der Waals surface area (Å²) in [6.45, 7) is 0. The maximum absolute atomic E-state index is 13.8. The molecule has 1 aliphatic rings. The van der Waals surface area contributed by atoms with Gasteiger partial charge in [-0.05, 0) is 35.7 Å². The zero-order valence-electron chi connectivity index (χ0n) is 17.3. The molecule has 0 saturated heterocycles. The first-order chi connectivity index (χ1) is 16.0. The fourth-order valence-electron chi connectivity index (χ4n) is 4.29. The second-order valence-electron chi connectivity index (χ2n) is 7.68. The van der Waals surface area contributed by atoms with Crippen LogP contribution in [-0.4, -0.2) is 25.6 Å². The third-order valence-corrected chi connectivity index (χ3v) is 6.06. The van der Waals surface area contributed by atoms with Crippen molar-refractivity contribution in [2.75, 3.05) is 4.90 Å². The Morgan fingerprint density at radius 2 is 1.61 bits per heavy atom. The smallest absolute Gasteiger partial charge is 0.269 e. The molecule has 33 heavy (non-hydrogen) atoms. The number of rotatable bonds is 4. The molecular formula is C24H18ClN5O3. The number of nitro benzene ring substituents is 1. The molecule has 2 atom stereocenters. The SMILES string of the molecule is O=C(c1ccccc1[N+](=O)[O-])N1c2ncnn2C(c2ccc(Cl)cc2)CC1c1ccccc1. The van der Waals surface area contributed by atoms with Crippen LogP contribution in [-0.2, 0) is 0 Å². The number of carbonyl (C=O) groups is 1. The topological polar surface area (TPSA) is 94.2 Å². The Kier molecular flexibility index (Phi) is 5.35. The molecule has 9 heteroatoms. The molecule has 2 heterocycles. The van der Waals surface area contributed by atoms with Crippen molar-refractivity contribution in [3.8, 4) is 0 Å². The lowest BCUT2D eigenvalue weighted by atomic mass is 9.91.